The lowest BCUT2D eigenvalue weighted by Crippen LogP contribution is -2.65. The zero-order valence-corrected chi connectivity index (χ0v) is 16.8. The maximum atomic E-state index is 15.3. The van der Waals surface area contributed by atoms with Gasteiger partial charge in [-0.3, -0.25) is 0 Å². The van der Waals surface area contributed by atoms with Gasteiger partial charge in [0.1, 0.15) is 5.82 Å². The molecule has 1 aromatic heterocycles. The van der Waals surface area contributed by atoms with Gasteiger partial charge >= 0.3 is 0 Å². The number of fused-ring (bicyclic) bond motifs is 4. The molecule has 28 heavy (non-hydrogen) atoms. The van der Waals surface area contributed by atoms with Crippen LogP contribution in [0.5, 0.6) is 0 Å². The van der Waals surface area contributed by atoms with Crippen molar-refractivity contribution in [2.45, 2.75) is 63.5 Å². The van der Waals surface area contributed by atoms with Gasteiger partial charge in [-0.2, -0.15) is 0 Å². The highest BCUT2D eigenvalue weighted by Gasteiger charge is 2.62. The fraction of sp³-hybridized carbons (Fsp3) is 0.435. The molecule has 2 aliphatic rings. The van der Waals surface area contributed by atoms with Crippen molar-refractivity contribution < 1.29 is 9.50 Å². The van der Waals surface area contributed by atoms with E-state index in [1.807, 2.05) is 39.0 Å². The van der Waals surface area contributed by atoms with E-state index in [2.05, 4.69) is 22.2 Å². The van der Waals surface area contributed by atoms with E-state index >= 15 is 4.39 Å². The topological polar surface area (TPSA) is 60.9 Å². The van der Waals surface area contributed by atoms with Gasteiger partial charge in [-0.1, -0.05) is 6.92 Å². The highest BCUT2D eigenvalue weighted by molar-refractivity contribution is 5.93. The Morgan fingerprint density at radius 3 is 2.64 bits per heavy atom. The van der Waals surface area contributed by atoms with Crippen LogP contribution in [0, 0.1) is 12.7 Å². The second kappa shape index (κ2) is 5.35. The van der Waals surface area contributed by atoms with Crippen LogP contribution in [0.25, 0.3) is 22.2 Å². The first kappa shape index (κ1) is 17.7. The van der Waals surface area contributed by atoms with Crippen LogP contribution in [0.1, 0.15) is 51.2 Å². The van der Waals surface area contributed by atoms with Crippen LogP contribution in [-0.2, 0) is 5.41 Å². The summed E-state index contributed by atoms with van der Waals surface area (Å²) < 4.78 is 15.3. The molecule has 1 fully saturated rings. The van der Waals surface area contributed by atoms with E-state index in [0.29, 0.717) is 5.56 Å². The number of anilines is 1. The molecule has 4 nitrogen and oxygen atoms in total. The third-order valence-electron chi connectivity index (χ3n) is 7.27. The van der Waals surface area contributed by atoms with Crippen molar-refractivity contribution in [3.63, 3.8) is 0 Å². The molecule has 2 atom stereocenters. The number of hydrogen-bond donors (Lipinski definition) is 3. The normalized spacial score (nSPS) is 28.1. The Morgan fingerprint density at radius 1 is 1.07 bits per heavy atom. The van der Waals surface area contributed by atoms with Crippen LogP contribution in [0.4, 0.5) is 10.1 Å². The summed E-state index contributed by atoms with van der Waals surface area (Å²) in [6.45, 7) is 8.16. The van der Waals surface area contributed by atoms with E-state index in [4.69, 9.17) is 0 Å². The predicted molar refractivity (Wildman–Crippen MR) is 110 cm³/mol. The molecule has 2 heterocycles. The molecule has 2 unspecified atom stereocenters. The number of aromatic nitrogens is 2. The van der Waals surface area contributed by atoms with E-state index in [-0.39, 0.29) is 5.82 Å². The maximum Gasteiger partial charge on any atom is 0.133 e. The number of aliphatic hydroxyl groups is 1. The zero-order chi connectivity index (χ0) is 19.9. The SMILES string of the molecule is Cc1cc(-c2cc3c(cc2F)NC(C)(C)C2(O)CCCC32C)c2nc[nH]c2c1. The van der Waals surface area contributed by atoms with Crippen molar-refractivity contribution in [3.05, 3.63) is 47.5 Å². The summed E-state index contributed by atoms with van der Waals surface area (Å²) >= 11 is 0. The van der Waals surface area contributed by atoms with Gasteiger partial charge in [0.2, 0.25) is 0 Å². The first-order valence-electron chi connectivity index (χ1n) is 9.95. The molecular weight excluding hydrogens is 353 g/mol. The van der Waals surface area contributed by atoms with Crippen LogP contribution < -0.4 is 5.32 Å². The van der Waals surface area contributed by atoms with E-state index in [0.717, 1.165) is 52.7 Å². The van der Waals surface area contributed by atoms with Gasteiger partial charge in [0.05, 0.1) is 28.5 Å². The molecule has 0 amide bonds. The van der Waals surface area contributed by atoms with Gasteiger partial charge in [0.25, 0.3) is 0 Å². The second-order valence-electron chi connectivity index (χ2n) is 9.28. The summed E-state index contributed by atoms with van der Waals surface area (Å²) in [6, 6.07) is 7.53. The van der Waals surface area contributed by atoms with E-state index in [1.165, 1.54) is 0 Å². The highest BCUT2D eigenvalue weighted by Crippen LogP contribution is 2.59. The Balaban J connectivity index is 1.79. The number of rotatable bonds is 1. The molecule has 0 spiro atoms. The minimum atomic E-state index is -0.879. The fourth-order valence-electron chi connectivity index (χ4n) is 5.72. The average Bonchev–Trinajstić information content (AvgIpc) is 3.19. The monoisotopic (exact) mass is 379 g/mol. The number of nitrogens with one attached hydrogen (secondary N) is 2. The Bertz CT molecular complexity index is 1120. The van der Waals surface area contributed by atoms with E-state index in [9.17, 15) is 5.11 Å². The summed E-state index contributed by atoms with van der Waals surface area (Å²) in [5, 5.41) is 15.1. The molecular formula is C23H26FN3O. The summed E-state index contributed by atoms with van der Waals surface area (Å²) in [5.74, 6) is -0.274. The molecule has 1 aliphatic heterocycles. The van der Waals surface area contributed by atoms with Crippen molar-refractivity contribution >= 4 is 16.7 Å². The van der Waals surface area contributed by atoms with E-state index < -0.39 is 16.6 Å². The van der Waals surface area contributed by atoms with Crippen molar-refractivity contribution in [1.29, 1.82) is 0 Å². The minimum absolute atomic E-state index is 0.274. The molecule has 0 saturated heterocycles. The van der Waals surface area contributed by atoms with Crippen LogP contribution in [-0.4, -0.2) is 26.2 Å². The summed E-state index contributed by atoms with van der Waals surface area (Å²) in [7, 11) is 0. The maximum absolute atomic E-state index is 15.3. The lowest BCUT2D eigenvalue weighted by atomic mass is 9.60. The van der Waals surface area contributed by atoms with Gasteiger partial charge < -0.3 is 15.4 Å². The Hall–Kier alpha value is -2.40. The number of imidazole rings is 1. The number of halogens is 1. The number of aromatic amines is 1. The zero-order valence-electron chi connectivity index (χ0n) is 16.8. The minimum Gasteiger partial charge on any atom is -0.387 e. The van der Waals surface area contributed by atoms with Crippen LogP contribution >= 0.6 is 0 Å². The molecule has 0 bridgehead atoms. The number of benzene rings is 2. The lowest BCUT2D eigenvalue weighted by molar-refractivity contribution is -0.0628. The quantitative estimate of drug-likeness (QED) is 0.554. The van der Waals surface area contributed by atoms with Gasteiger partial charge in [-0.25, -0.2) is 9.37 Å². The average molecular weight is 379 g/mol. The smallest absolute Gasteiger partial charge is 0.133 e. The number of hydrogen-bond acceptors (Lipinski definition) is 3. The molecule has 2 aromatic carbocycles. The molecule has 5 rings (SSSR count). The Morgan fingerprint density at radius 2 is 1.86 bits per heavy atom. The molecule has 146 valence electrons. The largest absolute Gasteiger partial charge is 0.387 e. The van der Waals surface area contributed by atoms with Crippen molar-refractivity contribution in [2.24, 2.45) is 0 Å². The Labute approximate surface area is 164 Å². The van der Waals surface area contributed by atoms with Gasteiger partial charge in [0, 0.05) is 22.2 Å². The Kier molecular flexibility index (Phi) is 3.38. The standard InChI is InChI=1S/C23H26FN3O/c1-13-8-15(20-19(9-13)25-12-26-20)14-10-16-18(11-17(14)24)27-21(2,3)23(28)7-5-6-22(16,23)4/h8-12,27-28H,5-7H2,1-4H3,(H,25,26). The summed E-state index contributed by atoms with van der Waals surface area (Å²) in [6.07, 6.45) is 4.23. The fourth-order valence-corrected chi connectivity index (χ4v) is 5.72. The van der Waals surface area contributed by atoms with Crippen LogP contribution in [0.15, 0.2) is 30.6 Å². The van der Waals surface area contributed by atoms with Crippen molar-refractivity contribution in [3.8, 4) is 11.1 Å². The van der Waals surface area contributed by atoms with Gasteiger partial charge in [0.15, 0.2) is 0 Å². The predicted octanol–water partition coefficient (Wildman–Crippen LogP) is 5.05. The molecule has 3 aromatic rings. The highest BCUT2D eigenvalue weighted by atomic mass is 19.1. The number of H-pyrrole nitrogens is 1. The van der Waals surface area contributed by atoms with Crippen molar-refractivity contribution in [1.82, 2.24) is 9.97 Å². The first-order chi connectivity index (χ1) is 13.2. The number of aryl methyl sites for hydroxylation is 1. The van der Waals surface area contributed by atoms with Gasteiger partial charge in [-0.15, -0.1) is 0 Å². The third kappa shape index (κ3) is 2.05. The molecule has 1 saturated carbocycles. The van der Waals surface area contributed by atoms with Gasteiger partial charge in [-0.05, 0) is 75.4 Å². The summed E-state index contributed by atoms with van der Waals surface area (Å²) in [4.78, 5) is 7.55. The van der Waals surface area contributed by atoms with Crippen LogP contribution in [0.2, 0.25) is 0 Å². The molecule has 3 N–H and O–H groups in total. The summed E-state index contributed by atoms with van der Waals surface area (Å²) in [5.41, 5.74) is 3.98. The van der Waals surface area contributed by atoms with E-state index in [1.54, 1.807) is 12.4 Å². The third-order valence-corrected chi connectivity index (χ3v) is 7.27. The number of nitrogens with zero attached hydrogens (tertiary/aromatic N) is 1. The second-order valence-corrected chi connectivity index (χ2v) is 9.28. The first-order valence-corrected chi connectivity index (χ1v) is 9.95. The van der Waals surface area contributed by atoms with Crippen LogP contribution in [0.3, 0.4) is 0 Å². The van der Waals surface area contributed by atoms with Crippen molar-refractivity contribution in [2.75, 3.05) is 5.32 Å². The lowest BCUT2D eigenvalue weighted by Gasteiger charge is -2.55. The molecule has 0 radical (unpaired) electrons. The molecule has 1 aliphatic carbocycles. The molecule has 5 heteroatoms.